The van der Waals surface area contributed by atoms with Crippen LogP contribution in [0.5, 0.6) is 5.75 Å². The van der Waals surface area contributed by atoms with Crippen LogP contribution in [0.2, 0.25) is 0 Å². The zero-order valence-electron chi connectivity index (χ0n) is 9.32. The molecule has 88 valence electrons. The normalized spacial score (nSPS) is 22.9. The van der Waals surface area contributed by atoms with E-state index >= 15 is 0 Å². The minimum absolute atomic E-state index is 0.00236. The van der Waals surface area contributed by atoms with Crippen molar-refractivity contribution in [3.8, 4) is 5.75 Å². The van der Waals surface area contributed by atoms with Gasteiger partial charge in [-0.1, -0.05) is 18.6 Å². The Balaban J connectivity index is 1.90. The fraction of sp³-hybridized carbons (Fsp3) is 0.538. The Morgan fingerprint density at radius 1 is 1.31 bits per heavy atom. The van der Waals surface area contributed by atoms with E-state index < -0.39 is 6.17 Å². The first-order valence-electron chi connectivity index (χ1n) is 5.91. The van der Waals surface area contributed by atoms with Gasteiger partial charge in [0.2, 0.25) is 0 Å². The fourth-order valence-corrected chi connectivity index (χ4v) is 2.19. The second kappa shape index (κ2) is 5.30. The van der Waals surface area contributed by atoms with Crippen molar-refractivity contribution in [3.05, 3.63) is 29.8 Å². The second-order valence-electron chi connectivity index (χ2n) is 4.44. The molecule has 2 atom stereocenters. The van der Waals surface area contributed by atoms with Crippen molar-refractivity contribution in [1.29, 1.82) is 0 Å². The maximum Gasteiger partial charge on any atom is 0.119 e. The number of piperidine rings is 1. The highest BCUT2D eigenvalue weighted by atomic mass is 19.1. The molecule has 2 nitrogen and oxygen atoms in total. The maximum atomic E-state index is 13.9. The van der Waals surface area contributed by atoms with E-state index in [1.54, 1.807) is 24.3 Å². The first-order valence-corrected chi connectivity index (χ1v) is 5.91. The lowest BCUT2D eigenvalue weighted by molar-refractivity contribution is 0.217. The van der Waals surface area contributed by atoms with Gasteiger partial charge in [-0.3, -0.25) is 0 Å². The Hall–Kier alpha value is -1.09. The van der Waals surface area contributed by atoms with Gasteiger partial charge in [0.25, 0.3) is 0 Å². The molecule has 2 rings (SSSR count). The number of halogens is 1. The van der Waals surface area contributed by atoms with E-state index in [9.17, 15) is 4.39 Å². The van der Waals surface area contributed by atoms with Crippen LogP contribution in [-0.2, 0) is 6.42 Å². The van der Waals surface area contributed by atoms with E-state index in [1.165, 1.54) is 0 Å². The molecule has 0 aromatic heterocycles. The van der Waals surface area contributed by atoms with E-state index in [4.69, 9.17) is 5.11 Å². The Labute approximate surface area is 95.5 Å². The van der Waals surface area contributed by atoms with Crippen LogP contribution in [0.25, 0.3) is 0 Å². The third kappa shape index (κ3) is 2.95. The molecule has 1 aromatic rings. The molecule has 0 saturated carbocycles. The lowest BCUT2D eigenvalue weighted by Crippen LogP contribution is -2.42. The summed E-state index contributed by atoms with van der Waals surface area (Å²) < 4.78 is 13.9. The van der Waals surface area contributed by atoms with Gasteiger partial charge >= 0.3 is 0 Å². The van der Waals surface area contributed by atoms with Gasteiger partial charge in [0.1, 0.15) is 11.9 Å². The first-order chi connectivity index (χ1) is 7.75. The van der Waals surface area contributed by atoms with Crippen LogP contribution in [0.15, 0.2) is 24.3 Å². The summed E-state index contributed by atoms with van der Waals surface area (Å²) in [5.41, 5.74) is 0.942. The van der Waals surface area contributed by atoms with Crippen LogP contribution in [-0.4, -0.2) is 23.9 Å². The maximum absolute atomic E-state index is 13.9. The molecule has 2 N–H and O–H groups in total. The largest absolute Gasteiger partial charge is 0.508 e. The minimum atomic E-state index is -0.829. The van der Waals surface area contributed by atoms with Crippen molar-refractivity contribution in [2.75, 3.05) is 6.54 Å². The summed E-state index contributed by atoms with van der Waals surface area (Å²) in [5.74, 6) is 0.231. The second-order valence-corrected chi connectivity index (χ2v) is 4.44. The Morgan fingerprint density at radius 3 is 2.69 bits per heavy atom. The molecule has 1 fully saturated rings. The van der Waals surface area contributed by atoms with Crippen molar-refractivity contribution < 1.29 is 9.50 Å². The summed E-state index contributed by atoms with van der Waals surface area (Å²) in [5, 5.41) is 12.4. The van der Waals surface area contributed by atoms with Crippen LogP contribution in [0.1, 0.15) is 24.8 Å². The molecule has 1 saturated heterocycles. The molecule has 16 heavy (non-hydrogen) atoms. The lowest BCUT2D eigenvalue weighted by atomic mass is 9.96. The number of hydrogen-bond acceptors (Lipinski definition) is 2. The smallest absolute Gasteiger partial charge is 0.119 e. The molecule has 2 unspecified atom stereocenters. The number of nitrogens with one attached hydrogen (secondary N) is 1. The third-order valence-corrected chi connectivity index (χ3v) is 3.15. The van der Waals surface area contributed by atoms with Crippen LogP contribution >= 0.6 is 0 Å². The monoisotopic (exact) mass is 223 g/mol. The van der Waals surface area contributed by atoms with Gasteiger partial charge in [-0.25, -0.2) is 4.39 Å². The number of aromatic hydroxyl groups is 1. The number of hydrogen-bond donors (Lipinski definition) is 2. The molecule has 1 aromatic carbocycles. The van der Waals surface area contributed by atoms with E-state index in [0.717, 1.165) is 31.4 Å². The highest BCUT2D eigenvalue weighted by molar-refractivity contribution is 5.26. The van der Waals surface area contributed by atoms with Crippen molar-refractivity contribution in [1.82, 2.24) is 5.32 Å². The SMILES string of the molecule is Oc1ccc(CC(F)C2CCCCN2)cc1. The summed E-state index contributed by atoms with van der Waals surface area (Å²) in [6.07, 6.45) is 2.80. The number of rotatable bonds is 3. The zero-order chi connectivity index (χ0) is 11.4. The van der Waals surface area contributed by atoms with Crippen molar-refractivity contribution in [2.45, 2.75) is 37.9 Å². The fourth-order valence-electron chi connectivity index (χ4n) is 2.19. The standard InChI is InChI=1S/C13H18FNO/c14-12(13-3-1-2-8-15-13)9-10-4-6-11(16)7-5-10/h4-7,12-13,15-16H,1-3,8-9H2. The van der Waals surface area contributed by atoms with Gasteiger partial charge in [-0.05, 0) is 37.1 Å². The predicted octanol–water partition coefficient (Wildman–Crippen LogP) is 2.41. The van der Waals surface area contributed by atoms with Crippen LogP contribution in [0, 0.1) is 0 Å². The summed E-state index contributed by atoms with van der Waals surface area (Å²) in [6.45, 7) is 0.931. The van der Waals surface area contributed by atoms with Gasteiger partial charge in [-0.2, -0.15) is 0 Å². The zero-order valence-corrected chi connectivity index (χ0v) is 9.32. The lowest BCUT2D eigenvalue weighted by Gasteiger charge is -2.26. The van der Waals surface area contributed by atoms with Gasteiger partial charge in [0.15, 0.2) is 0 Å². The summed E-state index contributed by atoms with van der Waals surface area (Å²) in [7, 11) is 0. The Morgan fingerprint density at radius 2 is 2.06 bits per heavy atom. The molecule has 0 bridgehead atoms. The van der Waals surface area contributed by atoms with E-state index in [-0.39, 0.29) is 11.8 Å². The minimum Gasteiger partial charge on any atom is -0.508 e. The average molecular weight is 223 g/mol. The van der Waals surface area contributed by atoms with Gasteiger partial charge in [0, 0.05) is 12.5 Å². The van der Waals surface area contributed by atoms with Crippen LogP contribution < -0.4 is 5.32 Å². The highest BCUT2D eigenvalue weighted by Gasteiger charge is 2.22. The number of alkyl halides is 1. The van der Waals surface area contributed by atoms with Gasteiger partial charge in [-0.15, -0.1) is 0 Å². The van der Waals surface area contributed by atoms with E-state index in [0.29, 0.717) is 6.42 Å². The van der Waals surface area contributed by atoms with Gasteiger partial charge < -0.3 is 10.4 Å². The summed E-state index contributed by atoms with van der Waals surface area (Å²) in [4.78, 5) is 0. The van der Waals surface area contributed by atoms with E-state index in [1.807, 2.05) is 0 Å². The third-order valence-electron chi connectivity index (χ3n) is 3.15. The molecule has 1 heterocycles. The van der Waals surface area contributed by atoms with Gasteiger partial charge in [0.05, 0.1) is 0 Å². The molecule has 0 spiro atoms. The number of phenolic OH excluding ortho intramolecular Hbond substituents is 1. The van der Waals surface area contributed by atoms with Crippen molar-refractivity contribution in [3.63, 3.8) is 0 Å². The molecule has 1 aliphatic rings. The molecule has 0 aliphatic carbocycles. The average Bonchev–Trinajstić information content (AvgIpc) is 2.33. The Bertz CT molecular complexity index is 319. The summed E-state index contributed by atoms with van der Waals surface area (Å²) >= 11 is 0. The number of phenols is 1. The molecular formula is C13H18FNO. The topological polar surface area (TPSA) is 32.3 Å². The van der Waals surface area contributed by atoms with E-state index in [2.05, 4.69) is 5.32 Å². The molecular weight excluding hydrogens is 205 g/mol. The predicted molar refractivity (Wildman–Crippen MR) is 62.3 cm³/mol. The molecule has 0 radical (unpaired) electrons. The van der Waals surface area contributed by atoms with Crippen LogP contribution in [0.4, 0.5) is 4.39 Å². The molecule has 0 amide bonds. The van der Waals surface area contributed by atoms with Crippen molar-refractivity contribution in [2.24, 2.45) is 0 Å². The van der Waals surface area contributed by atoms with Crippen molar-refractivity contribution >= 4 is 0 Å². The highest BCUT2D eigenvalue weighted by Crippen LogP contribution is 2.18. The summed E-state index contributed by atoms with van der Waals surface area (Å²) in [6, 6.07) is 6.78. The molecule has 3 heteroatoms. The number of benzene rings is 1. The van der Waals surface area contributed by atoms with Crippen LogP contribution in [0.3, 0.4) is 0 Å². The molecule has 1 aliphatic heterocycles. The first kappa shape index (κ1) is 11.4. The quantitative estimate of drug-likeness (QED) is 0.824. The Kier molecular flexibility index (Phi) is 3.78.